The van der Waals surface area contributed by atoms with Crippen LogP contribution in [0.2, 0.25) is 0 Å². The van der Waals surface area contributed by atoms with Gasteiger partial charge in [0.25, 0.3) is 0 Å². The van der Waals surface area contributed by atoms with Crippen LogP contribution in [0, 0.1) is 0 Å². The summed E-state index contributed by atoms with van der Waals surface area (Å²) in [5.41, 5.74) is 5.39. The van der Waals surface area contributed by atoms with Gasteiger partial charge in [-0.25, -0.2) is 0 Å². The minimum absolute atomic E-state index is 0.515. The minimum Gasteiger partial charge on any atom is -0.329 e. The fourth-order valence-corrected chi connectivity index (χ4v) is 1.55. The number of nitrogens with one attached hydrogen (secondary N) is 1. The summed E-state index contributed by atoms with van der Waals surface area (Å²) < 4.78 is 0. The van der Waals surface area contributed by atoms with Gasteiger partial charge in [-0.3, -0.25) is 4.90 Å². The SMILES string of the molecule is CC(NCCN)N1CCCC1. The lowest BCUT2D eigenvalue weighted by atomic mass is 10.4. The lowest BCUT2D eigenvalue weighted by Gasteiger charge is -2.24. The number of rotatable bonds is 4. The summed E-state index contributed by atoms with van der Waals surface area (Å²) in [5, 5.41) is 3.38. The second kappa shape index (κ2) is 4.70. The highest BCUT2D eigenvalue weighted by Crippen LogP contribution is 2.09. The molecule has 1 aliphatic rings. The van der Waals surface area contributed by atoms with Crippen LogP contribution in [0.4, 0.5) is 0 Å². The molecule has 1 heterocycles. The van der Waals surface area contributed by atoms with E-state index < -0.39 is 0 Å². The second-order valence-corrected chi connectivity index (χ2v) is 3.16. The van der Waals surface area contributed by atoms with E-state index in [2.05, 4.69) is 17.1 Å². The molecule has 11 heavy (non-hydrogen) atoms. The summed E-state index contributed by atoms with van der Waals surface area (Å²) >= 11 is 0. The van der Waals surface area contributed by atoms with Crippen LogP contribution in [-0.4, -0.2) is 37.2 Å². The highest BCUT2D eigenvalue weighted by Gasteiger charge is 2.16. The molecule has 0 amide bonds. The first-order chi connectivity index (χ1) is 5.34. The fourth-order valence-electron chi connectivity index (χ4n) is 1.55. The van der Waals surface area contributed by atoms with Crippen LogP contribution in [0.1, 0.15) is 19.8 Å². The number of hydrogen-bond donors (Lipinski definition) is 2. The first kappa shape index (κ1) is 8.97. The topological polar surface area (TPSA) is 41.3 Å². The molecule has 1 fully saturated rings. The minimum atomic E-state index is 0.515. The van der Waals surface area contributed by atoms with Crippen molar-refractivity contribution < 1.29 is 0 Å². The van der Waals surface area contributed by atoms with Gasteiger partial charge in [0, 0.05) is 13.1 Å². The molecular formula is C8H19N3. The predicted octanol–water partition coefficient (Wildman–Crippen LogP) is -0.0235. The molecule has 1 aliphatic heterocycles. The summed E-state index contributed by atoms with van der Waals surface area (Å²) in [6, 6.07) is 0. The fraction of sp³-hybridized carbons (Fsp3) is 1.00. The molecular weight excluding hydrogens is 138 g/mol. The average molecular weight is 157 g/mol. The lowest BCUT2D eigenvalue weighted by molar-refractivity contribution is 0.222. The predicted molar refractivity (Wildman–Crippen MR) is 47.3 cm³/mol. The molecule has 0 saturated carbocycles. The normalized spacial score (nSPS) is 22.4. The van der Waals surface area contributed by atoms with E-state index >= 15 is 0 Å². The molecule has 0 aromatic heterocycles. The van der Waals surface area contributed by atoms with Crippen molar-refractivity contribution >= 4 is 0 Å². The van der Waals surface area contributed by atoms with E-state index in [1.165, 1.54) is 25.9 Å². The van der Waals surface area contributed by atoms with Crippen LogP contribution >= 0.6 is 0 Å². The summed E-state index contributed by atoms with van der Waals surface area (Å²) in [4.78, 5) is 2.47. The van der Waals surface area contributed by atoms with E-state index in [9.17, 15) is 0 Å². The third-order valence-electron chi connectivity index (χ3n) is 2.27. The van der Waals surface area contributed by atoms with Crippen LogP contribution in [0.3, 0.4) is 0 Å². The Morgan fingerprint density at radius 3 is 2.64 bits per heavy atom. The Kier molecular flexibility index (Phi) is 3.83. The standard InChI is InChI=1S/C8H19N3/c1-8(10-5-4-9)11-6-2-3-7-11/h8,10H,2-7,9H2,1H3. The van der Waals surface area contributed by atoms with Gasteiger partial charge in [0.1, 0.15) is 0 Å². The Balaban J connectivity index is 2.12. The van der Waals surface area contributed by atoms with Crippen molar-refractivity contribution in [3.05, 3.63) is 0 Å². The van der Waals surface area contributed by atoms with Crippen LogP contribution in [0.25, 0.3) is 0 Å². The van der Waals surface area contributed by atoms with E-state index in [-0.39, 0.29) is 0 Å². The number of nitrogens with zero attached hydrogens (tertiary/aromatic N) is 1. The van der Waals surface area contributed by atoms with Crippen molar-refractivity contribution in [2.24, 2.45) is 5.73 Å². The molecule has 0 spiro atoms. The third-order valence-corrected chi connectivity index (χ3v) is 2.27. The maximum absolute atomic E-state index is 5.39. The van der Waals surface area contributed by atoms with Gasteiger partial charge >= 0.3 is 0 Å². The highest BCUT2D eigenvalue weighted by molar-refractivity contribution is 4.71. The summed E-state index contributed by atoms with van der Waals surface area (Å²) in [5.74, 6) is 0. The monoisotopic (exact) mass is 157 g/mol. The highest BCUT2D eigenvalue weighted by atomic mass is 15.3. The summed E-state index contributed by atoms with van der Waals surface area (Å²) in [7, 11) is 0. The zero-order chi connectivity index (χ0) is 8.10. The van der Waals surface area contributed by atoms with Gasteiger partial charge in [0.05, 0.1) is 6.17 Å². The van der Waals surface area contributed by atoms with Gasteiger partial charge in [-0.2, -0.15) is 0 Å². The van der Waals surface area contributed by atoms with Gasteiger partial charge in [0.2, 0.25) is 0 Å². The summed E-state index contributed by atoms with van der Waals surface area (Å²) in [6.07, 6.45) is 3.23. The smallest absolute Gasteiger partial charge is 0.0568 e. The molecule has 1 rings (SSSR count). The van der Waals surface area contributed by atoms with E-state index in [0.29, 0.717) is 6.17 Å². The van der Waals surface area contributed by atoms with Crippen LogP contribution < -0.4 is 11.1 Å². The van der Waals surface area contributed by atoms with Crippen molar-refractivity contribution in [2.75, 3.05) is 26.2 Å². The van der Waals surface area contributed by atoms with E-state index in [0.717, 1.165) is 13.1 Å². The first-order valence-corrected chi connectivity index (χ1v) is 4.52. The van der Waals surface area contributed by atoms with Gasteiger partial charge in [-0.15, -0.1) is 0 Å². The molecule has 3 N–H and O–H groups in total. The van der Waals surface area contributed by atoms with Crippen LogP contribution in [-0.2, 0) is 0 Å². The quantitative estimate of drug-likeness (QED) is 0.602. The van der Waals surface area contributed by atoms with Crippen molar-refractivity contribution in [1.82, 2.24) is 10.2 Å². The molecule has 1 atom stereocenters. The molecule has 1 unspecified atom stereocenters. The zero-order valence-corrected chi connectivity index (χ0v) is 7.34. The first-order valence-electron chi connectivity index (χ1n) is 4.52. The number of hydrogen-bond acceptors (Lipinski definition) is 3. The largest absolute Gasteiger partial charge is 0.329 e. The molecule has 0 aromatic carbocycles. The Bertz CT molecular complexity index is 99.5. The molecule has 0 aromatic rings. The molecule has 0 aliphatic carbocycles. The number of likely N-dealkylation sites (tertiary alicyclic amines) is 1. The molecule has 1 saturated heterocycles. The molecule has 66 valence electrons. The van der Waals surface area contributed by atoms with E-state index in [1.54, 1.807) is 0 Å². The van der Waals surface area contributed by atoms with Crippen LogP contribution in [0.5, 0.6) is 0 Å². The van der Waals surface area contributed by atoms with Crippen molar-refractivity contribution in [2.45, 2.75) is 25.9 Å². The Hall–Kier alpha value is -0.120. The average Bonchev–Trinajstić information content (AvgIpc) is 2.52. The Morgan fingerprint density at radius 2 is 2.09 bits per heavy atom. The van der Waals surface area contributed by atoms with E-state index in [4.69, 9.17) is 5.73 Å². The van der Waals surface area contributed by atoms with Gasteiger partial charge in [0.15, 0.2) is 0 Å². The molecule has 3 heteroatoms. The maximum atomic E-state index is 5.39. The molecule has 0 radical (unpaired) electrons. The van der Waals surface area contributed by atoms with E-state index in [1.807, 2.05) is 0 Å². The Labute approximate surface area is 68.9 Å². The third kappa shape index (κ3) is 2.77. The van der Waals surface area contributed by atoms with Gasteiger partial charge in [-0.05, 0) is 32.9 Å². The molecule has 3 nitrogen and oxygen atoms in total. The van der Waals surface area contributed by atoms with Gasteiger partial charge < -0.3 is 11.1 Å². The van der Waals surface area contributed by atoms with Crippen molar-refractivity contribution in [3.63, 3.8) is 0 Å². The van der Waals surface area contributed by atoms with Gasteiger partial charge in [-0.1, -0.05) is 0 Å². The van der Waals surface area contributed by atoms with Crippen molar-refractivity contribution in [1.29, 1.82) is 0 Å². The lowest BCUT2D eigenvalue weighted by Crippen LogP contribution is -2.43. The van der Waals surface area contributed by atoms with Crippen LogP contribution in [0.15, 0.2) is 0 Å². The zero-order valence-electron chi connectivity index (χ0n) is 7.34. The number of nitrogens with two attached hydrogens (primary N) is 1. The molecule has 0 bridgehead atoms. The summed E-state index contributed by atoms with van der Waals surface area (Å²) in [6.45, 7) is 6.37. The second-order valence-electron chi connectivity index (χ2n) is 3.16. The maximum Gasteiger partial charge on any atom is 0.0568 e. The van der Waals surface area contributed by atoms with Crippen molar-refractivity contribution in [3.8, 4) is 0 Å². The Morgan fingerprint density at radius 1 is 1.45 bits per heavy atom.